The summed E-state index contributed by atoms with van der Waals surface area (Å²) in [6, 6.07) is 15.0. The zero-order chi connectivity index (χ0) is 28.1. The number of sulfone groups is 1. The molecule has 0 spiro atoms. The highest BCUT2D eigenvalue weighted by Gasteiger charge is 2.29. The molecule has 1 heterocycles. The molecule has 0 bridgehead atoms. The van der Waals surface area contributed by atoms with Crippen molar-refractivity contribution in [1.29, 1.82) is 0 Å². The number of nitrogens with zero attached hydrogens (tertiary/aromatic N) is 3. The third-order valence-corrected chi connectivity index (χ3v) is 7.76. The van der Waals surface area contributed by atoms with Crippen LogP contribution in [0.3, 0.4) is 0 Å². The van der Waals surface area contributed by atoms with Crippen molar-refractivity contribution in [2.75, 3.05) is 11.6 Å². The average Bonchev–Trinajstić information content (AvgIpc) is 3.29. The van der Waals surface area contributed by atoms with Crippen LogP contribution < -0.4 is 11.1 Å². The van der Waals surface area contributed by atoms with E-state index in [-0.39, 0.29) is 21.2 Å². The van der Waals surface area contributed by atoms with Crippen molar-refractivity contribution >= 4 is 44.6 Å². The van der Waals surface area contributed by atoms with Crippen molar-refractivity contribution in [3.05, 3.63) is 98.2 Å². The van der Waals surface area contributed by atoms with Crippen LogP contribution in [-0.4, -0.2) is 41.2 Å². The van der Waals surface area contributed by atoms with Crippen molar-refractivity contribution < 1.29 is 22.9 Å². The number of amides is 2. The second kappa shape index (κ2) is 9.64. The number of nitro groups is 1. The van der Waals surface area contributed by atoms with Gasteiger partial charge in [0.25, 0.3) is 17.5 Å². The van der Waals surface area contributed by atoms with Gasteiger partial charge >= 0.3 is 0 Å². The lowest BCUT2D eigenvalue weighted by Crippen LogP contribution is -2.16. The molecular formula is C26H20ClN5O6S. The Morgan fingerprint density at radius 1 is 1.08 bits per heavy atom. The molecule has 0 atom stereocenters. The molecule has 5 rings (SSSR count). The zero-order valence-electron chi connectivity index (χ0n) is 20.3. The maximum atomic E-state index is 13.0. The van der Waals surface area contributed by atoms with Gasteiger partial charge in [0.2, 0.25) is 0 Å². The highest BCUT2D eigenvalue weighted by Crippen LogP contribution is 2.38. The molecule has 4 aromatic rings. The molecule has 1 aliphatic carbocycles. The molecule has 0 fully saturated rings. The van der Waals surface area contributed by atoms with E-state index < -0.39 is 32.3 Å². The molecular weight excluding hydrogens is 546 g/mol. The molecule has 198 valence electrons. The molecule has 0 saturated heterocycles. The fourth-order valence-corrected chi connectivity index (χ4v) is 5.38. The normalized spacial score (nSPS) is 12.4. The number of benzene rings is 3. The Labute approximate surface area is 227 Å². The molecule has 3 aromatic carbocycles. The Morgan fingerprint density at radius 3 is 2.44 bits per heavy atom. The summed E-state index contributed by atoms with van der Waals surface area (Å²) in [7, 11) is -3.42. The van der Waals surface area contributed by atoms with Gasteiger partial charge in [0.1, 0.15) is 5.56 Å². The van der Waals surface area contributed by atoms with Crippen molar-refractivity contribution in [3.63, 3.8) is 0 Å². The van der Waals surface area contributed by atoms with Crippen LogP contribution in [0.4, 0.5) is 11.4 Å². The van der Waals surface area contributed by atoms with Crippen LogP contribution in [0.2, 0.25) is 5.02 Å². The number of aryl methyl sites for hydroxylation is 1. The molecule has 0 radical (unpaired) electrons. The number of rotatable bonds is 6. The summed E-state index contributed by atoms with van der Waals surface area (Å²) in [5, 5.41) is 18.7. The van der Waals surface area contributed by atoms with Gasteiger partial charge in [0.15, 0.2) is 15.5 Å². The SMILES string of the molecule is CS(=O)(=O)c1ccc(-n2nc(C(N)=O)c3c2-c2cc(NC(=O)c4ccc(Cl)cc4[N+](=O)[O-])ccc2CC3)cc1. The third kappa shape index (κ3) is 4.87. The van der Waals surface area contributed by atoms with Crippen molar-refractivity contribution in [2.24, 2.45) is 5.73 Å². The van der Waals surface area contributed by atoms with E-state index in [0.29, 0.717) is 41.0 Å². The maximum absolute atomic E-state index is 13.0. The second-order valence-corrected chi connectivity index (χ2v) is 11.4. The molecule has 11 nitrogen and oxygen atoms in total. The maximum Gasteiger partial charge on any atom is 0.283 e. The first-order valence-electron chi connectivity index (χ1n) is 11.5. The number of fused-ring (bicyclic) bond motifs is 3. The summed E-state index contributed by atoms with van der Waals surface area (Å²) in [5.41, 5.74) is 8.78. The van der Waals surface area contributed by atoms with E-state index in [1.807, 2.05) is 6.07 Å². The highest BCUT2D eigenvalue weighted by atomic mass is 35.5. The molecule has 13 heteroatoms. The first kappa shape index (κ1) is 26.1. The zero-order valence-corrected chi connectivity index (χ0v) is 21.9. The Kier molecular flexibility index (Phi) is 6.44. The molecule has 2 amide bonds. The summed E-state index contributed by atoms with van der Waals surface area (Å²) in [5.74, 6) is -1.40. The van der Waals surface area contributed by atoms with E-state index in [4.69, 9.17) is 17.3 Å². The van der Waals surface area contributed by atoms with E-state index >= 15 is 0 Å². The fourth-order valence-electron chi connectivity index (χ4n) is 4.58. The van der Waals surface area contributed by atoms with Gasteiger partial charge in [0, 0.05) is 34.2 Å². The summed E-state index contributed by atoms with van der Waals surface area (Å²) < 4.78 is 25.3. The molecule has 0 saturated carbocycles. The number of nitrogens with two attached hydrogens (primary N) is 1. The van der Waals surface area contributed by atoms with E-state index in [9.17, 15) is 28.1 Å². The minimum absolute atomic E-state index is 0.0917. The highest BCUT2D eigenvalue weighted by molar-refractivity contribution is 7.90. The number of nitro benzene ring substituents is 1. The lowest BCUT2D eigenvalue weighted by Gasteiger charge is -2.20. The quantitative estimate of drug-likeness (QED) is 0.263. The van der Waals surface area contributed by atoms with E-state index in [0.717, 1.165) is 17.9 Å². The van der Waals surface area contributed by atoms with Crippen molar-refractivity contribution in [2.45, 2.75) is 17.7 Å². The number of halogens is 1. The monoisotopic (exact) mass is 565 g/mol. The predicted octanol–water partition coefficient (Wildman–Crippen LogP) is 3.95. The minimum atomic E-state index is -3.42. The van der Waals surface area contributed by atoms with Crippen LogP contribution in [0.5, 0.6) is 0 Å². The number of hydrogen-bond acceptors (Lipinski definition) is 7. The van der Waals surface area contributed by atoms with Gasteiger partial charge < -0.3 is 11.1 Å². The van der Waals surface area contributed by atoms with E-state index in [1.54, 1.807) is 24.3 Å². The van der Waals surface area contributed by atoms with Crippen LogP contribution in [0.25, 0.3) is 16.9 Å². The predicted molar refractivity (Wildman–Crippen MR) is 144 cm³/mol. The van der Waals surface area contributed by atoms with Gasteiger partial charge in [0.05, 0.1) is 21.2 Å². The summed E-state index contributed by atoms with van der Waals surface area (Å²) in [6.45, 7) is 0. The van der Waals surface area contributed by atoms with Crippen LogP contribution in [0.15, 0.2) is 65.6 Å². The third-order valence-electron chi connectivity index (χ3n) is 6.39. The Balaban J connectivity index is 1.59. The average molecular weight is 566 g/mol. The number of primary amides is 1. The molecule has 0 aliphatic heterocycles. The topological polar surface area (TPSA) is 167 Å². The Morgan fingerprint density at radius 2 is 1.79 bits per heavy atom. The molecule has 1 aromatic heterocycles. The lowest BCUT2D eigenvalue weighted by molar-refractivity contribution is -0.385. The Bertz CT molecular complexity index is 1800. The number of carbonyl (C=O) groups excluding carboxylic acids is 2. The number of nitrogens with one attached hydrogen (secondary N) is 1. The first-order chi connectivity index (χ1) is 18.4. The summed E-state index contributed by atoms with van der Waals surface area (Å²) >= 11 is 5.87. The standard InChI is InChI=1S/C26H20ClN5O6S/c1-39(37,38)18-8-6-17(7-9-18)31-24-20(23(30-31)25(28)33)10-3-14-2-5-16(13-21(14)24)29-26(34)19-11-4-15(27)12-22(19)32(35)36/h2,4-9,11-13H,3,10H2,1H3,(H2,28,33)(H,29,34). The molecule has 0 unspecified atom stereocenters. The van der Waals surface area contributed by atoms with Gasteiger partial charge in [-0.1, -0.05) is 17.7 Å². The lowest BCUT2D eigenvalue weighted by atomic mass is 9.88. The molecule has 3 N–H and O–H groups in total. The van der Waals surface area contributed by atoms with Crippen molar-refractivity contribution in [1.82, 2.24) is 9.78 Å². The largest absolute Gasteiger partial charge is 0.364 e. The number of aromatic nitrogens is 2. The number of hydrogen-bond donors (Lipinski definition) is 2. The van der Waals surface area contributed by atoms with E-state index in [2.05, 4.69) is 10.4 Å². The van der Waals surface area contributed by atoms with Crippen LogP contribution >= 0.6 is 11.6 Å². The minimum Gasteiger partial charge on any atom is -0.364 e. The fraction of sp³-hybridized carbons (Fsp3) is 0.115. The van der Waals surface area contributed by atoms with Gasteiger partial charge in [-0.15, -0.1) is 0 Å². The smallest absolute Gasteiger partial charge is 0.283 e. The van der Waals surface area contributed by atoms with Crippen LogP contribution in [0.1, 0.15) is 32.0 Å². The first-order valence-corrected chi connectivity index (χ1v) is 13.8. The van der Waals surface area contributed by atoms with Gasteiger partial charge in [-0.3, -0.25) is 19.7 Å². The van der Waals surface area contributed by atoms with Gasteiger partial charge in [-0.2, -0.15) is 5.10 Å². The van der Waals surface area contributed by atoms with Crippen molar-refractivity contribution in [3.8, 4) is 16.9 Å². The number of carbonyl (C=O) groups is 2. The number of anilines is 1. The van der Waals surface area contributed by atoms with Gasteiger partial charge in [-0.25, -0.2) is 13.1 Å². The van der Waals surface area contributed by atoms with Crippen LogP contribution in [-0.2, 0) is 22.7 Å². The summed E-state index contributed by atoms with van der Waals surface area (Å²) in [4.78, 5) is 36.1. The van der Waals surface area contributed by atoms with Gasteiger partial charge in [-0.05, 0) is 66.9 Å². The summed E-state index contributed by atoms with van der Waals surface area (Å²) in [6.07, 6.45) is 2.18. The molecule has 1 aliphatic rings. The second-order valence-electron chi connectivity index (χ2n) is 8.96. The Hall–Kier alpha value is -4.55. The van der Waals surface area contributed by atoms with Crippen LogP contribution in [0, 0.1) is 10.1 Å². The molecule has 39 heavy (non-hydrogen) atoms. The van der Waals surface area contributed by atoms with E-state index in [1.165, 1.54) is 28.9 Å².